The Bertz CT molecular complexity index is 1460. The molecule has 36 heavy (non-hydrogen) atoms. The lowest BCUT2D eigenvalue weighted by atomic mass is 10.0. The van der Waals surface area contributed by atoms with E-state index in [4.69, 9.17) is 4.52 Å². The van der Waals surface area contributed by atoms with Crippen molar-refractivity contribution < 1.29 is 27.3 Å². The molecule has 0 bridgehead atoms. The highest BCUT2D eigenvalue weighted by Gasteiger charge is 2.30. The van der Waals surface area contributed by atoms with E-state index >= 15 is 0 Å². The van der Waals surface area contributed by atoms with Crippen LogP contribution in [0.15, 0.2) is 47.4 Å². The number of carbonyl (C=O) groups excluding carboxylic acids is 2. The number of carbonyl (C=O) groups is 2. The average Bonchev–Trinajstić information content (AvgIpc) is 3.53. The average molecular weight is 497 g/mol. The van der Waals surface area contributed by atoms with Gasteiger partial charge in [-0.05, 0) is 25.5 Å². The quantitative estimate of drug-likeness (QED) is 0.380. The van der Waals surface area contributed by atoms with Gasteiger partial charge in [0.05, 0.1) is 23.5 Å². The van der Waals surface area contributed by atoms with Gasteiger partial charge in [0.15, 0.2) is 11.6 Å². The van der Waals surface area contributed by atoms with Gasteiger partial charge < -0.3 is 20.1 Å². The van der Waals surface area contributed by atoms with Gasteiger partial charge in [-0.1, -0.05) is 17.3 Å². The number of hydrogen-bond acceptors (Lipinski definition) is 7. The van der Waals surface area contributed by atoms with E-state index < -0.39 is 23.7 Å². The van der Waals surface area contributed by atoms with Crippen molar-refractivity contribution in [3.63, 3.8) is 0 Å². The molecule has 0 spiro atoms. The number of alkyl halides is 3. The van der Waals surface area contributed by atoms with Crippen molar-refractivity contribution >= 4 is 17.6 Å². The topological polar surface area (TPSA) is 139 Å². The summed E-state index contributed by atoms with van der Waals surface area (Å²) >= 11 is 0. The van der Waals surface area contributed by atoms with E-state index in [9.17, 15) is 22.8 Å². The fourth-order valence-corrected chi connectivity index (χ4v) is 3.79. The Labute approximate surface area is 201 Å². The van der Waals surface area contributed by atoms with E-state index in [0.29, 0.717) is 40.5 Å². The van der Waals surface area contributed by atoms with Crippen molar-refractivity contribution in [1.82, 2.24) is 30.4 Å². The van der Waals surface area contributed by atoms with Gasteiger partial charge in [0, 0.05) is 23.6 Å². The standard InChI is InChI=1S/C23H18F3N7O3/c1-11(30-22(35)19-14-5-6-18(34)32-20(14)29-10-28-19)17-8-15(33-36-17)21-27-9-16(31-21)12-3-2-4-13(7-12)23(24,25)26/h2-4,7-11H,5-6H2,1H3,(H,27,31)(H,30,35)(H,28,29,32,34)/t11-/m1/s1. The second kappa shape index (κ2) is 8.91. The molecule has 4 aromatic rings. The zero-order valence-electron chi connectivity index (χ0n) is 18.7. The first-order chi connectivity index (χ1) is 17.2. The van der Waals surface area contributed by atoms with E-state index in [2.05, 4.69) is 35.7 Å². The molecule has 5 rings (SSSR count). The van der Waals surface area contributed by atoms with Crippen LogP contribution in [0.3, 0.4) is 0 Å². The van der Waals surface area contributed by atoms with Crippen LogP contribution in [0.4, 0.5) is 19.0 Å². The van der Waals surface area contributed by atoms with E-state index in [1.165, 1.54) is 24.7 Å². The molecule has 3 N–H and O–H groups in total. The number of hydrogen-bond donors (Lipinski definition) is 3. The molecule has 1 aromatic carbocycles. The molecule has 0 unspecified atom stereocenters. The number of H-pyrrole nitrogens is 1. The van der Waals surface area contributed by atoms with Gasteiger partial charge in [-0.2, -0.15) is 13.2 Å². The Balaban J connectivity index is 1.31. The molecule has 3 aromatic heterocycles. The van der Waals surface area contributed by atoms with Crippen LogP contribution in [-0.2, 0) is 17.4 Å². The Morgan fingerprint density at radius 3 is 2.81 bits per heavy atom. The van der Waals surface area contributed by atoms with E-state index in [-0.39, 0.29) is 23.8 Å². The molecular formula is C23H18F3N7O3. The molecule has 0 saturated carbocycles. The number of nitrogens with one attached hydrogen (secondary N) is 3. The lowest BCUT2D eigenvalue weighted by Gasteiger charge is -2.18. The number of rotatable bonds is 5. The van der Waals surface area contributed by atoms with Crippen molar-refractivity contribution in [1.29, 1.82) is 0 Å². The van der Waals surface area contributed by atoms with E-state index in [1.807, 2.05) is 0 Å². The van der Waals surface area contributed by atoms with Gasteiger partial charge in [0.1, 0.15) is 23.5 Å². The molecule has 0 fully saturated rings. The summed E-state index contributed by atoms with van der Waals surface area (Å²) in [5.41, 5.74) is 0.948. The lowest BCUT2D eigenvalue weighted by molar-refractivity contribution is -0.137. The molecule has 1 aliphatic heterocycles. The van der Waals surface area contributed by atoms with Gasteiger partial charge in [-0.3, -0.25) is 9.59 Å². The summed E-state index contributed by atoms with van der Waals surface area (Å²) in [6.07, 6.45) is -1.28. The number of benzene rings is 1. The lowest BCUT2D eigenvalue weighted by Crippen LogP contribution is -2.30. The first-order valence-electron chi connectivity index (χ1n) is 10.8. The highest BCUT2D eigenvalue weighted by Crippen LogP contribution is 2.32. The first-order valence-corrected chi connectivity index (χ1v) is 10.8. The fourth-order valence-electron chi connectivity index (χ4n) is 3.79. The van der Waals surface area contributed by atoms with Crippen LogP contribution in [0.5, 0.6) is 0 Å². The molecule has 0 aliphatic carbocycles. The van der Waals surface area contributed by atoms with Gasteiger partial charge in [-0.25, -0.2) is 15.0 Å². The Morgan fingerprint density at radius 2 is 2.00 bits per heavy atom. The SMILES string of the molecule is C[C@@H](NC(=O)c1ncnc2c1CCC(=O)N2)c1cc(-c2ncc(-c3cccc(C(F)(F)F)c3)[nH]2)no1. The van der Waals surface area contributed by atoms with E-state index in [0.717, 1.165) is 12.1 Å². The number of anilines is 1. The number of halogens is 3. The smallest absolute Gasteiger partial charge is 0.358 e. The van der Waals surface area contributed by atoms with Crippen LogP contribution in [0.2, 0.25) is 0 Å². The normalized spacial score (nSPS) is 14.2. The van der Waals surface area contributed by atoms with Crippen LogP contribution in [0.1, 0.15) is 46.8 Å². The second-order valence-corrected chi connectivity index (χ2v) is 8.13. The molecule has 2 amide bonds. The van der Waals surface area contributed by atoms with E-state index in [1.54, 1.807) is 13.0 Å². The third-order valence-electron chi connectivity index (χ3n) is 5.64. The Hall–Kier alpha value is -4.55. The molecule has 0 saturated heterocycles. The second-order valence-electron chi connectivity index (χ2n) is 8.13. The number of aromatic amines is 1. The first kappa shape index (κ1) is 23.2. The van der Waals surface area contributed by atoms with Crippen LogP contribution >= 0.6 is 0 Å². The monoisotopic (exact) mass is 497 g/mol. The van der Waals surface area contributed by atoms with Crippen LogP contribution in [0, 0.1) is 0 Å². The van der Waals surface area contributed by atoms with Gasteiger partial charge >= 0.3 is 6.18 Å². The van der Waals surface area contributed by atoms with Crippen LogP contribution < -0.4 is 10.6 Å². The summed E-state index contributed by atoms with van der Waals surface area (Å²) in [6.45, 7) is 1.69. The molecule has 1 aliphatic rings. The van der Waals surface area contributed by atoms with Gasteiger partial charge in [0.25, 0.3) is 5.91 Å². The fraction of sp³-hybridized carbons (Fsp3) is 0.217. The third kappa shape index (κ3) is 4.54. The number of aromatic nitrogens is 5. The molecule has 13 heteroatoms. The van der Waals surface area contributed by atoms with Gasteiger partial charge in [-0.15, -0.1) is 0 Å². The minimum absolute atomic E-state index is 0.156. The number of amides is 2. The summed E-state index contributed by atoms with van der Waals surface area (Å²) in [4.78, 5) is 39.6. The summed E-state index contributed by atoms with van der Waals surface area (Å²) in [7, 11) is 0. The van der Waals surface area contributed by atoms with Crippen molar-refractivity contribution in [2.75, 3.05) is 5.32 Å². The molecular weight excluding hydrogens is 479 g/mol. The molecule has 10 nitrogen and oxygen atoms in total. The minimum Gasteiger partial charge on any atom is -0.358 e. The predicted molar refractivity (Wildman–Crippen MR) is 119 cm³/mol. The highest BCUT2D eigenvalue weighted by atomic mass is 19.4. The maximum atomic E-state index is 13.0. The van der Waals surface area contributed by atoms with Crippen molar-refractivity contribution in [3.8, 4) is 22.8 Å². The van der Waals surface area contributed by atoms with Crippen molar-refractivity contribution in [2.24, 2.45) is 0 Å². The maximum absolute atomic E-state index is 13.0. The van der Waals surface area contributed by atoms with Crippen molar-refractivity contribution in [3.05, 3.63) is 65.4 Å². The maximum Gasteiger partial charge on any atom is 0.416 e. The van der Waals surface area contributed by atoms with Gasteiger partial charge in [0.2, 0.25) is 5.91 Å². The Kier molecular flexibility index (Phi) is 5.74. The van der Waals surface area contributed by atoms with Crippen LogP contribution in [-0.4, -0.2) is 36.9 Å². The predicted octanol–water partition coefficient (Wildman–Crippen LogP) is 3.92. The molecule has 184 valence electrons. The number of fused-ring (bicyclic) bond motifs is 1. The largest absolute Gasteiger partial charge is 0.416 e. The zero-order chi connectivity index (χ0) is 25.4. The number of imidazole rings is 1. The number of nitrogens with zero attached hydrogens (tertiary/aromatic N) is 4. The van der Waals surface area contributed by atoms with Crippen LogP contribution in [0.25, 0.3) is 22.8 Å². The highest BCUT2D eigenvalue weighted by molar-refractivity contribution is 5.99. The minimum atomic E-state index is -4.46. The molecule has 4 heterocycles. The summed E-state index contributed by atoms with van der Waals surface area (Å²) in [5.74, 6) is 0.280. The van der Waals surface area contributed by atoms with Crippen molar-refractivity contribution in [2.45, 2.75) is 32.0 Å². The molecule has 1 atom stereocenters. The zero-order valence-corrected chi connectivity index (χ0v) is 18.7. The summed E-state index contributed by atoms with van der Waals surface area (Å²) < 4.78 is 44.4. The summed E-state index contributed by atoms with van der Waals surface area (Å²) in [6, 6.07) is 5.85. The molecule has 0 radical (unpaired) electrons. The summed E-state index contributed by atoms with van der Waals surface area (Å²) in [5, 5.41) is 9.36. The third-order valence-corrected chi connectivity index (χ3v) is 5.64. The Morgan fingerprint density at radius 1 is 1.17 bits per heavy atom.